The van der Waals surface area contributed by atoms with Gasteiger partial charge in [-0.15, -0.1) is 0 Å². The second-order valence-corrected chi connectivity index (χ2v) is 7.20. The maximum atomic E-state index is 12.6. The number of carbonyl (C=O) groups is 2. The first-order valence-electron chi connectivity index (χ1n) is 8.61. The lowest BCUT2D eigenvalue weighted by Gasteiger charge is -2.37. The molecule has 2 fully saturated rings. The lowest BCUT2D eigenvalue weighted by atomic mass is 9.78. The van der Waals surface area contributed by atoms with Crippen LogP contribution in [0.3, 0.4) is 0 Å². The minimum absolute atomic E-state index is 0.115. The van der Waals surface area contributed by atoms with Gasteiger partial charge in [-0.2, -0.15) is 0 Å². The van der Waals surface area contributed by atoms with E-state index in [2.05, 4.69) is 4.98 Å². The van der Waals surface area contributed by atoms with Gasteiger partial charge in [-0.05, 0) is 44.0 Å². The van der Waals surface area contributed by atoms with E-state index < -0.39 is 0 Å². The Kier molecular flexibility index (Phi) is 4.85. The maximum Gasteiger partial charge on any atom is 0.236 e. The molecule has 1 atom stereocenters. The first kappa shape index (κ1) is 16.9. The topological polar surface area (TPSA) is 56.8 Å². The Labute approximate surface area is 143 Å². The molecule has 1 aromatic rings. The average molecular weight is 330 g/mol. The molecule has 1 aromatic heterocycles. The molecule has 0 N–H and O–H groups in total. The number of pyridine rings is 1. The zero-order chi connectivity index (χ0) is 17.2. The predicted molar refractivity (Wildman–Crippen MR) is 91.1 cm³/mol. The zero-order valence-corrected chi connectivity index (χ0v) is 14.6. The molecule has 0 aliphatic carbocycles. The molecule has 2 amide bonds. The fourth-order valence-corrected chi connectivity index (χ4v) is 3.92. The molecule has 1 spiro atoms. The SMILES string of the molecule is CN(CC(=O)N1CCC2(CCCN(C)C2=O)C1)Cc1ccncc1. The van der Waals surface area contributed by atoms with Crippen LogP contribution in [-0.2, 0) is 16.1 Å². The van der Waals surface area contributed by atoms with E-state index >= 15 is 0 Å². The number of amides is 2. The Balaban J connectivity index is 1.55. The highest BCUT2D eigenvalue weighted by molar-refractivity contribution is 5.86. The number of likely N-dealkylation sites (N-methyl/N-ethyl adjacent to an activating group) is 1. The van der Waals surface area contributed by atoms with Gasteiger partial charge in [0.2, 0.25) is 11.8 Å². The molecule has 2 saturated heterocycles. The van der Waals surface area contributed by atoms with Crippen LogP contribution in [0.2, 0.25) is 0 Å². The summed E-state index contributed by atoms with van der Waals surface area (Å²) < 4.78 is 0. The van der Waals surface area contributed by atoms with Crippen molar-refractivity contribution in [3.05, 3.63) is 30.1 Å². The largest absolute Gasteiger partial charge is 0.345 e. The maximum absolute atomic E-state index is 12.6. The number of piperidine rings is 1. The van der Waals surface area contributed by atoms with Crippen molar-refractivity contribution >= 4 is 11.8 Å². The molecule has 0 radical (unpaired) electrons. The van der Waals surface area contributed by atoms with Gasteiger partial charge in [-0.1, -0.05) is 0 Å². The molecule has 0 saturated carbocycles. The fraction of sp³-hybridized carbons (Fsp3) is 0.611. The lowest BCUT2D eigenvalue weighted by Crippen LogP contribution is -2.49. The predicted octanol–water partition coefficient (Wildman–Crippen LogP) is 0.984. The third-order valence-electron chi connectivity index (χ3n) is 5.26. The summed E-state index contributed by atoms with van der Waals surface area (Å²) in [5.41, 5.74) is 0.814. The van der Waals surface area contributed by atoms with Crippen molar-refractivity contribution in [2.75, 3.05) is 40.3 Å². The molecule has 0 aromatic carbocycles. The minimum Gasteiger partial charge on any atom is -0.345 e. The molecular formula is C18H26N4O2. The van der Waals surface area contributed by atoms with Crippen molar-refractivity contribution < 1.29 is 9.59 Å². The fourth-order valence-electron chi connectivity index (χ4n) is 3.92. The van der Waals surface area contributed by atoms with Crippen LogP contribution >= 0.6 is 0 Å². The van der Waals surface area contributed by atoms with Crippen molar-refractivity contribution in [3.8, 4) is 0 Å². The number of rotatable bonds is 4. The summed E-state index contributed by atoms with van der Waals surface area (Å²) in [5.74, 6) is 0.332. The third kappa shape index (κ3) is 3.43. The Morgan fingerprint density at radius 2 is 2.04 bits per heavy atom. The summed E-state index contributed by atoms with van der Waals surface area (Å²) in [6, 6.07) is 3.92. The Bertz CT molecular complexity index is 606. The van der Waals surface area contributed by atoms with Gasteiger partial charge in [0.25, 0.3) is 0 Å². The molecule has 3 heterocycles. The van der Waals surface area contributed by atoms with E-state index in [0.29, 0.717) is 19.6 Å². The van der Waals surface area contributed by atoms with Crippen molar-refractivity contribution in [3.63, 3.8) is 0 Å². The monoisotopic (exact) mass is 330 g/mol. The van der Waals surface area contributed by atoms with Crippen LogP contribution in [0.25, 0.3) is 0 Å². The zero-order valence-electron chi connectivity index (χ0n) is 14.6. The smallest absolute Gasteiger partial charge is 0.236 e. The summed E-state index contributed by atoms with van der Waals surface area (Å²) in [5, 5.41) is 0. The Morgan fingerprint density at radius 3 is 2.79 bits per heavy atom. The van der Waals surface area contributed by atoms with E-state index in [4.69, 9.17) is 0 Å². The molecule has 1 unspecified atom stereocenters. The first-order chi connectivity index (χ1) is 11.5. The molecule has 2 aliphatic rings. The van der Waals surface area contributed by atoms with Gasteiger partial charge in [0.05, 0.1) is 12.0 Å². The van der Waals surface area contributed by atoms with Crippen LogP contribution < -0.4 is 0 Å². The Morgan fingerprint density at radius 1 is 1.29 bits per heavy atom. The molecular weight excluding hydrogens is 304 g/mol. The Hall–Kier alpha value is -1.95. The van der Waals surface area contributed by atoms with E-state index in [-0.39, 0.29) is 17.2 Å². The normalized spacial score (nSPS) is 24.2. The van der Waals surface area contributed by atoms with E-state index in [1.807, 2.05) is 40.9 Å². The molecule has 130 valence electrons. The van der Waals surface area contributed by atoms with E-state index in [1.165, 1.54) is 0 Å². The average Bonchev–Trinajstić information content (AvgIpc) is 2.99. The van der Waals surface area contributed by atoms with Gasteiger partial charge in [0.15, 0.2) is 0 Å². The standard InChI is InChI=1S/C18H26N4O2/c1-20(12-15-4-8-19-9-5-15)13-16(23)22-11-7-18(14-22)6-3-10-21(2)17(18)24/h4-5,8-9H,3,6-7,10-14H2,1-2H3. The van der Waals surface area contributed by atoms with Crippen LogP contribution in [0, 0.1) is 5.41 Å². The van der Waals surface area contributed by atoms with E-state index in [0.717, 1.165) is 37.9 Å². The van der Waals surface area contributed by atoms with Crippen LogP contribution in [0.5, 0.6) is 0 Å². The number of aromatic nitrogens is 1. The summed E-state index contributed by atoms with van der Waals surface area (Å²) in [7, 11) is 3.82. The van der Waals surface area contributed by atoms with E-state index in [9.17, 15) is 9.59 Å². The highest BCUT2D eigenvalue weighted by atomic mass is 16.2. The first-order valence-corrected chi connectivity index (χ1v) is 8.61. The summed E-state index contributed by atoms with van der Waals surface area (Å²) >= 11 is 0. The molecule has 3 rings (SSSR count). The van der Waals surface area contributed by atoms with Gasteiger partial charge in [0.1, 0.15) is 0 Å². The number of carbonyl (C=O) groups excluding carboxylic acids is 2. The summed E-state index contributed by atoms with van der Waals surface area (Å²) in [4.78, 5) is 34.9. The van der Waals surface area contributed by atoms with Gasteiger partial charge < -0.3 is 9.80 Å². The lowest BCUT2D eigenvalue weighted by molar-refractivity contribution is -0.144. The number of hydrogen-bond acceptors (Lipinski definition) is 4. The van der Waals surface area contributed by atoms with Gasteiger partial charge in [-0.25, -0.2) is 0 Å². The van der Waals surface area contributed by atoms with Gasteiger partial charge in [-0.3, -0.25) is 19.5 Å². The molecule has 6 nitrogen and oxygen atoms in total. The van der Waals surface area contributed by atoms with Crippen LogP contribution in [0.15, 0.2) is 24.5 Å². The van der Waals surface area contributed by atoms with Crippen molar-refractivity contribution in [2.24, 2.45) is 5.41 Å². The van der Waals surface area contributed by atoms with Gasteiger partial charge >= 0.3 is 0 Å². The quantitative estimate of drug-likeness (QED) is 0.826. The molecule has 2 aliphatic heterocycles. The van der Waals surface area contributed by atoms with Crippen molar-refractivity contribution in [1.82, 2.24) is 19.7 Å². The minimum atomic E-state index is -0.327. The summed E-state index contributed by atoms with van der Waals surface area (Å²) in [6.45, 7) is 3.21. The number of likely N-dealkylation sites (tertiary alicyclic amines) is 2. The highest BCUT2D eigenvalue weighted by Gasteiger charge is 2.48. The second kappa shape index (κ2) is 6.89. The van der Waals surface area contributed by atoms with Crippen LogP contribution in [0.1, 0.15) is 24.8 Å². The van der Waals surface area contributed by atoms with Crippen molar-refractivity contribution in [2.45, 2.75) is 25.8 Å². The highest BCUT2D eigenvalue weighted by Crippen LogP contribution is 2.39. The second-order valence-electron chi connectivity index (χ2n) is 7.20. The third-order valence-corrected chi connectivity index (χ3v) is 5.26. The van der Waals surface area contributed by atoms with E-state index in [1.54, 1.807) is 12.4 Å². The van der Waals surface area contributed by atoms with Crippen LogP contribution in [-0.4, -0.2) is 71.8 Å². The van der Waals surface area contributed by atoms with Crippen molar-refractivity contribution in [1.29, 1.82) is 0 Å². The molecule has 6 heteroatoms. The number of nitrogens with zero attached hydrogens (tertiary/aromatic N) is 4. The number of hydrogen-bond donors (Lipinski definition) is 0. The molecule has 24 heavy (non-hydrogen) atoms. The van der Waals surface area contributed by atoms with Gasteiger partial charge in [0, 0.05) is 45.6 Å². The molecule has 0 bridgehead atoms. The summed E-state index contributed by atoms with van der Waals surface area (Å²) in [6.07, 6.45) is 6.27. The van der Waals surface area contributed by atoms with Crippen LogP contribution in [0.4, 0.5) is 0 Å².